The van der Waals surface area contributed by atoms with Gasteiger partial charge in [-0.3, -0.25) is 0 Å². The first-order valence-electron chi connectivity index (χ1n) is 6.39. The minimum atomic E-state index is -0.0605. The number of ether oxygens (including phenoxy) is 3. The van der Waals surface area contributed by atoms with Gasteiger partial charge in [0.1, 0.15) is 6.10 Å². The van der Waals surface area contributed by atoms with Gasteiger partial charge >= 0.3 is 0 Å². The molecule has 1 saturated heterocycles. The van der Waals surface area contributed by atoms with Crippen LogP contribution in [0.3, 0.4) is 0 Å². The second-order valence-corrected chi connectivity index (χ2v) is 7.56. The fourth-order valence-electron chi connectivity index (χ4n) is 2.43. The second kappa shape index (κ2) is 7.79. The number of halogens is 3. The third-order valence-electron chi connectivity index (χ3n) is 3.42. The van der Waals surface area contributed by atoms with E-state index >= 15 is 0 Å². The van der Waals surface area contributed by atoms with E-state index < -0.39 is 0 Å². The molecule has 1 saturated carbocycles. The summed E-state index contributed by atoms with van der Waals surface area (Å²) in [7, 11) is 0. The summed E-state index contributed by atoms with van der Waals surface area (Å²) in [6.45, 7) is 1.78. The summed E-state index contributed by atoms with van der Waals surface area (Å²) in [5, 5.41) is 0. The molecule has 0 aromatic carbocycles. The van der Waals surface area contributed by atoms with Gasteiger partial charge in [-0.25, -0.2) is 0 Å². The maximum atomic E-state index is 5.90. The fraction of sp³-hybridized carbons (Fsp3) is 1.00. The van der Waals surface area contributed by atoms with E-state index in [1.807, 2.05) is 0 Å². The monoisotopic (exact) mass is 404 g/mol. The molecule has 2 fully saturated rings. The predicted molar refractivity (Wildman–Crippen MR) is 78.9 cm³/mol. The standard InChI is InChI=1S/C12H19Br2ClO3/c13-10-2-1-8(5-11(10)14)12-17-7-9(18-12)6-16-4-3-15/h8-12H,1-7H2/t8-,9+,10+,11+,12-/m1/s1. The van der Waals surface area contributed by atoms with Gasteiger partial charge in [0.15, 0.2) is 6.29 Å². The van der Waals surface area contributed by atoms with Crippen LogP contribution >= 0.6 is 43.5 Å². The Balaban J connectivity index is 1.71. The molecule has 5 atom stereocenters. The zero-order valence-electron chi connectivity index (χ0n) is 10.2. The Kier molecular flexibility index (Phi) is 6.72. The van der Waals surface area contributed by atoms with E-state index in [9.17, 15) is 0 Å². The van der Waals surface area contributed by atoms with E-state index in [4.69, 9.17) is 25.8 Å². The van der Waals surface area contributed by atoms with Crippen LogP contribution in [0.2, 0.25) is 0 Å². The Hall–Kier alpha value is 1.13. The maximum Gasteiger partial charge on any atom is 0.161 e. The van der Waals surface area contributed by atoms with Gasteiger partial charge in [0.2, 0.25) is 0 Å². The molecule has 1 aliphatic heterocycles. The molecule has 2 aliphatic rings. The smallest absolute Gasteiger partial charge is 0.161 e. The molecular weight excluding hydrogens is 387 g/mol. The molecular formula is C12H19Br2ClO3. The maximum absolute atomic E-state index is 5.90. The molecule has 3 nitrogen and oxygen atoms in total. The molecule has 0 radical (unpaired) electrons. The van der Waals surface area contributed by atoms with Crippen LogP contribution in [0.5, 0.6) is 0 Å². The summed E-state index contributed by atoms with van der Waals surface area (Å²) in [5.74, 6) is 1.01. The van der Waals surface area contributed by atoms with Crippen molar-refractivity contribution in [2.75, 3.05) is 25.7 Å². The molecule has 18 heavy (non-hydrogen) atoms. The minimum Gasteiger partial charge on any atom is -0.377 e. The van der Waals surface area contributed by atoms with E-state index in [0.29, 0.717) is 41.3 Å². The van der Waals surface area contributed by atoms with Gasteiger partial charge < -0.3 is 14.2 Å². The second-order valence-electron chi connectivity index (χ2n) is 4.83. The summed E-state index contributed by atoms with van der Waals surface area (Å²) >= 11 is 13.0. The Labute approximate surface area is 130 Å². The lowest BCUT2D eigenvalue weighted by Crippen LogP contribution is -2.33. The first-order valence-corrected chi connectivity index (χ1v) is 8.76. The zero-order valence-corrected chi connectivity index (χ0v) is 14.1. The first kappa shape index (κ1) is 15.5. The molecule has 2 rings (SSSR count). The number of hydrogen-bond donors (Lipinski definition) is 0. The lowest BCUT2D eigenvalue weighted by Gasteiger charge is -2.32. The van der Waals surface area contributed by atoms with Crippen molar-refractivity contribution >= 4 is 43.5 Å². The zero-order chi connectivity index (χ0) is 13.0. The fourth-order valence-corrected chi connectivity index (χ4v) is 3.76. The molecule has 0 amide bonds. The molecule has 0 aromatic heterocycles. The topological polar surface area (TPSA) is 27.7 Å². The molecule has 0 bridgehead atoms. The van der Waals surface area contributed by atoms with Gasteiger partial charge in [-0.1, -0.05) is 31.9 Å². The quantitative estimate of drug-likeness (QED) is 0.518. The van der Waals surface area contributed by atoms with Gasteiger partial charge in [-0.2, -0.15) is 0 Å². The molecule has 106 valence electrons. The lowest BCUT2D eigenvalue weighted by molar-refractivity contribution is -0.111. The van der Waals surface area contributed by atoms with E-state index in [-0.39, 0.29) is 12.4 Å². The van der Waals surface area contributed by atoms with Crippen LogP contribution in [0.25, 0.3) is 0 Å². The van der Waals surface area contributed by atoms with Gasteiger partial charge in [-0.05, 0) is 19.3 Å². The Morgan fingerprint density at radius 3 is 2.78 bits per heavy atom. The minimum absolute atomic E-state index is 0.0605. The molecule has 0 N–H and O–H groups in total. The van der Waals surface area contributed by atoms with Crippen LogP contribution in [0.4, 0.5) is 0 Å². The average Bonchev–Trinajstić information content (AvgIpc) is 2.82. The summed E-state index contributed by atoms with van der Waals surface area (Å²) in [6.07, 6.45) is 3.41. The highest BCUT2D eigenvalue weighted by Gasteiger charge is 2.37. The number of hydrogen-bond acceptors (Lipinski definition) is 3. The van der Waals surface area contributed by atoms with Crippen molar-refractivity contribution in [2.24, 2.45) is 5.92 Å². The average molecular weight is 407 g/mol. The van der Waals surface area contributed by atoms with Crippen molar-refractivity contribution in [1.82, 2.24) is 0 Å². The van der Waals surface area contributed by atoms with Crippen LogP contribution < -0.4 is 0 Å². The highest BCUT2D eigenvalue weighted by Crippen LogP contribution is 2.37. The van der Waals surface area contributed by atoms with Crippen LogP contribution in [0.1, 0.15) is 19.3 Å². The molecule has 0 aromatic rings. The summed E-state index contributed by atoms with van der Waals surface area (Å²) in [4.78, 5) is 1.08. The number of rotatable bonds is 5. The number of alkyl halides is 3. The van der Waals surface area contributed by atoms with Gasteiger partial charge in [0.05, 0.1) is 19.8 Å². The van der Waals surface area contributed by atoms with E-state index in [1.54, 1.807) is 0 Å². The van der Waals surface area contributed by atoms with Gasteiger partial charge in [0, 0.05) is 21.5 Å². The highest BCUT2D eigenvalue weighted by molar-refractivity contribution is 9.12. The molecule has 0 spiro atoms. The summed E-state index contributed by atoms with van der Waals surface area (Å²) in [6, 6.07) is 0. The van der Waals surface area contributed by atoms with Crippen LogP contribution in [-0.4, -0.2) is 47.7 Å². The Morgan fingerprint density at radius 2 is 2.06 bits per heavy atom. The SMILES string of the molecule is ClCCOC[C@H]1CO[C@@H]([C@@H]2CC[C@H](Br)[C@@H](Br)C2)O1. The van der Waals surface area contributed by atoms with Crippen molar-refractivity contribution in [3.8, 4) is 0 Å². The van der Waals surface area contributed by atoms with E-state index in [0.717, 1.165) is 19.3 Å². The van der Waals surface area contributed by atoms with Crippen molar-refractivity contribution in [3.63, 3.8) is 0 Å². The van der Waals surface area contributed by atoms with Crippen LogP contribution in [0, 0.1) is 5.92 Å². The Bertz CT molecular complexity index is 257. The van der Waals surface area contributed by atoms with Crippen molar-refractivity contribution in [3.05, 3.63) is 0 Å². The molecule has 1 heterocycles. The highest BCUT2D eigenvalue weighted by atomic mass is 79.9. The molecule has 6 heteroatoms. The summed E-state index contributed by atoms with van der Waals surface area (Å²) in [5.41, 5.74) is 0. The van der Waals surface area contributed by atoms with Crippen LogP contribution in [-0.2, 0) is 14.2 Å². The first-order chi connectivity index (χ1) is 8.70. The molecule has 1 aliphatic carbocycles. The largest absolute Gasteiger partial charge is 0.377 e. The van der Waals surface area contributed by atoms with Crippen molar-refractivity contribution in [2.45, 2.75) is 41.3 Å². The third-order valence-corrected chi connectivity index (χ3v) is 6.39. The molecule has 0 unspecified atom stereocenters. The van der Waals surface area contributed by atoms with Crippen LogP contribution in [0.15, 0.2) is 0 Å². The van der Waals surface area contributed by atoms with Crippen molar-refractivity contribution < 1.29 is 14.2 Å². The van der Waals surface area contributed by atoms with Gasteiger partial charge in [0.25, 0.3) is 0 Å². The van der Waals surface area contributed by atoms with Crippen molar-refractivity contribution in [1.29, 1.82) is 0 Å². The third kappa shape index (κ3) is 4.32. The lowest BCUT2D eigenvalue weighted by atomic mass is 9.88. The van der Waals surface area contributed by atoms with E-state index in [2.05, 4.69) is 31.9 Å². The van der Waals surface area contributed by atoms with Gasteiger partial charge in [-0.15, -0.1) is 11.6 Å². The normalized spacial score (nSPS) is 41.2. The predicted octanol–water partition coefficient (Wildman–Crippen LogP) is 3.31. The summed E-state index contributed by atoms with van der Waals surface area (Å²) < 4.78 is 17.0. The van der Waals surface area contributed by atoms with E-state index in [1.165, 1.54) is 0 Å². The Morgan fingerprint density at radius 1 is 1.22 bits per heavy atom.